The van der Waals surface area contributed by atoms with Crippen LogP contribution in [0, 0.1) is 5.41 Å². The molecule has 0 saturated heterocycles. The topological polar surface area (TPSA) is 75.1 Å². The predicted molar refractivity (Wildman–Crippen MR) is 92.8 cm³/mol. The fourth-order valence-corrected chi connectivity index (χ4v) is 4.29. The van der Waals surface area contributed by atoms with Crippen LogP contribution in [-0.4, -0.2) is 34.1 Å². The quantitative estimate of drug-likeness (QED) is 0.839. The smallest absolute Gasteiger partial charge is 0.270 e. The Morgan fingerprint density at radius 2 is 1.96 bits per heavy atom. The third-order valence-electron chi connectivity index (χ3n) is 5.81. The third-order valence-corrected chi connectivity index (χ3v) is 5.81. The molecule has 0 atom stereocenters. The Morgan fingerprint density at radius 1 is 1.21 bits per heavy atom. The molecule has 0 aliphatic heterocycles. The van der Waals surface area contributed by atoms with Gasteiger partial charge in [0, 0.05) is 25.3 Å². The van der Waals surface area contributed by atoms with Crippen LogP contribution in [0.4, 0.5) is 0 Å². The van der Waals surface area contributed by atoms with Crippen molar-refractivity contribution in [2.24, 2.45) is 5.41 Å². The van der Waals surface area contributed by atoms with Crippen LogP contribution in [0.25, 0.3) is 0 Å². The first-order valence-corrected chi connectivity index (χ1v) is 9.44. The summed E-state index contributed by atoms with van der Waals surface area (Å²) in [6.07, 6.45) is 13.0. The SMILES string of the molecule is O=C(NCC1(CCO)CCCCC1)c1ccnc(C2CCCC2)n1. The molecule has 2 aliphatic carbocycles. The molecule has 24 heavy (non-hydrogen) atoms. The van der Waals surface area contributed by atoms with E-state index >= 15 is 0 Å². The summed E-state index contributed by atoms with van der Waals surface area (Å²) >= 11 is 0. The molecular formula is C19H29N3O2. The standard InChI is InChI=1S/C19H29N3O2/c23-13-11-19(9-4-1-5-10-19)14-21-18(24)16-8-12-20-17(22-16)15-6-2-3-7-15/h8,12,15,23H,1-7,9-11,13-14H2,(H,21,24). The van der Waals surface area contributed by atoms with E-state index in [4.69, 9.17) is 0 Å². The van der Waals surface area contributed by atoms with E-state index in [9.17, 15) is 9.90 Å². The number of hydrogen-bond donors (Lipinski definition) is 2. The first kappa shape index (κ1) is 17.3. The van der Waals surface area contributed by atoms with E-state index in [1.807, 2.05) is 0 Å². The van der Waals surface area contributed by atoms with Crippen LogP contribution in [0.1, 0.15) is 86.4 Å². The number of amides is 1. The molecule has 5 heteroatoms. The van der Waals surface area contributed by atoms with Gasteiger partial charge in [-0.3, -0.25) is 4.79 Å². The van der Waals surface area contributed by atoms with Crippen molar-refractivity contribution in [1.29, 1.82) is 0 Å². The number of hydrogen-bond acceptors (Lipinski definition) is 4. The Balaban J connectivity index is 1.62. The van der Waals surface area contributed by atoms with E-state index in [1.165, 1.54) is 32.1 Å². The highest BCUT2D eigenvalue weighted by Crippen LogP contribution is 2.38. The number of nitrogens with one attached hydrogen (secondary N) is 1. The summed E-state index contributed by atoms with van der Waals surface area (Å²) in [6.45, 7) is 0.824. The van der Waals surface area contributed by atoms with Crippen molar-refractivity contribution >= 4 is 5.91 Å². The second-order valence-electron chi connectivity index (χ2n) is 7.50. The van der Waals surface area contributed by atoms with E-state index in [0.29, 0.717) is 18.2 Å². The fourth-order valence-electron chi connectivity index (χ4n) is 4.29. The number of aliphatic hydroxyl groups is 1. The summed E-state index contributed by atoms with van der Waals surface area (Å²) in [5.41, 5.74) is 0.533. The van der Waals surface area contributed by atoms with Crippen LogP contribution < -0.4 is 5.32 Å². The predicted octanol–water partition coefficient (Wildman–Crippen LogP) is 3.20. The summed E-state index contributed by atoms with van der Waals surface area (Å²) in [6, 6.07) is 1.70. The number of aliphatic hydroxyl groups excluding tert-OH is 1. The maximum Gasteiger partial charge on any atom is 0.270 e. The molecule has 2 fully saturated rings. The van der Waals surface area contributed by atoms with Gasteiger partial charge < -0.3 is 10.4 Å². The van der Waals surface area contributed by atoms with Gasteiger partial charge >= 0.3 is 0 Å². The lowest BCUT2D eigenvalue weighted by Gasteiger charge is -2.37. The summed E-state index contributed by atoms with van der Waals surface area (Å²) in [5.74, 6) is 1.12. The molecule has 0 spiro atoms. The zero-order chi connectivity index (χ0) is 16.8. The highest BCUT2D eigenvalue weighted by molar-refractivity contribution is 5.92. The average molecular weight is 331 g/mol. The molecule has 1 aromatic rings. The Hall–Kier alpha value is -1.49. The summed E-state index contributed by atoms with van der Waals surface area (Å²) < 4.78 is 0. The van der Waals surface area contributed by atoms with Crippen LogP contribution in [-0.2, 0) is 0 Å². The van der Waals surface area contributed by atoms with Crippen molar-refractivity contribution < 1.29 is 9.90 Å². The average Bonchev–Trinajstić information content (AvgIpc) is 3.16. The van der Waals surface area contributed by atoms with Crippen LogP contribution in [0.3, 0.4) is 0 Å². The molecule has 3 rings (SSSR count). The minimum Gasteiger partial charge on any atom is -0.396 e. The lowest BCUT2D eigenvalue weighted by atomic mass is 9.72. The molecule has 2 N–H and O–H groups in total. The van der Waals surface area contributed by atoms with Crippen molar-refractivity contribution in [3.05, 3.63) is 23.8 Å². The normalized spacial score (nSPS) is 20.9. The van der Waals surface area contributed by atoms with Crippen molar-refractivity contribution in [2.75, 3.05) is 13.2 Å². The van der Waals surface area contributed by atoms with E-state index in [0.717, 1.165) is 37.9 Å². The molecular weight excluding hydrogens is 302 g/mol. The fraction of sp³-hybridized carbons (Fsp3) is 0.737. The van der Waals surface area contributed by atoms with Crippen LogP contribution in [0.2, 0.25) is 0 Å². The molecule has 0 radical (unpaired) electrons. The number of nitrogens with zero attached hydrogens (tertiary/aromatic N) is 2. The molecule has 1 heterocycles. The first-order valence-electron chi connectivity index (χ1n) is 9.44. The largest absolute Gasteiger partial charge is 0.396 e. The van der Waals surface area contributed by atoms with Gasteiger partial charge in [0.15, 0.2) is 0 Å². The highest BCUT2D eigenvalue weighted by atomic mass is 16.3. The van der Waals surface area contributed by atoms with Gasteiger partial charge in [-0.1, -0.05) is 32.1 Å². The van der Waals surface area contributed by atoms with Crippen LogP contribution in [0.5, 0.6) is 0 Å². The Morgan fingerprint density at radius 3 is 2.67 bits per heavy atom. The molecule has 1 amide bonds. The van der Waals surface area contributed by atoms with E-state index < -0.39 is 0 Å². The lowest BCUT2D eigenvalue weighted by Crippen LogP contribution is -2.40. The van der Waals surface area contributed by atoms with Crippen molar-refractivity contribution in [3.8, 4) is 0 Å². The number of carbonyl (C=O) groups excluding carboxylic acids is 1. The first-order chi connectivity index (χ1) is 11.7. The van der Waals surface area contributed by atoms with Gasteiger partial charge in [-0.15, -0.1) is 0 Å². The summed E-state index contributed by atoms with van der Waals surface area (Å²) in [7, 11) is 0. The van der Waals surface area contributed by atoms with Gasteiger partial charge in [0.1, 0.15) is 11.5 Å². The van der Waals surface area contributed by atoms with Crippen molar-refractivity contribution in [2.45, 2.75) is 70.1 Å². The lowest BCUT2D eigenvalue weighted by molar-refractivity contribution is 0.0864. The molecule has 132 valence electrons. The number of rotatable bonds is 6. The molecule has 0 bridgehead atoms. The summed E-state index contributed by atoms with van der Waals surface area (Å²) in [5, 5.41) is 12.5. The van der Waals surface area contributed by atoms with Crippen LogP contribution in [0.15, 0.2) is 12.3 Å². The van der Waals surface area contributed by atoms with Crippen molar-refractivity contribution in [1.82, 2.24) is 15.3 Å². The minimum atomic E-state index is -0.112. The molecule has 2 aliphatic rings. The van der Waals surface area contributed by atoms with Gasteiger partial charge in [0.2, 0.25) is 0 Å². The second-order valence-corrected chi connectivity index (χ2v) is 7.50. The van der Waals surface area contributed by atoms with Gasteiger partial charge in [-0.05, 0) is 43.6 Å². The molecule has 5 nitrogen and oxygen atoms in total. The van der Waals surface area contributed by atoms with Crippen LogP contribution >= 0.6 is 0 Å². The Labute approximate surface area is 144 Å². The van der Waals surface area contributed by atoms with Gasteiger partial charge in [-0.25, -0.2) is 9.97 Å². The second kappa shape index (κ2) is 8.06. The molecule has 0 unspecified atom stereocenters. The highest BCUT2D eigenvalue weighted by Gasteiger charge is 2.32. The molecule has 2 saturated carbocycles. The van der Waals surface area contributed by atoms with E-state index in [-0.39, 0.29) is 17.9 Å². The van der Waals surface area contributed by atoms with Gasteiger partial charge in [0.05, 0.1) is 0 Å². The number of carbonyl (C=O) groups is 1. The van der Waals surface area contributed by atoms with E-state index in [1.54, 1.807) is 12.3 Å². The van der Waals surface area contributed by atoms with Crippen molar-refractivity contribution in [3.63, 3.8) is 0 Å². The zero-order valence-electron chi connectivity index (χ0n) is 14.5. The maximum atomic E-state index is 12.5. The molecule has 1 aromatic heterocycles. The minimum absolute atomic E-state index is 0.0595. The summed E-state index contributed by atoms with van der Waals surface area (Å²) in [4.78, 5) is 21.4. The third kappa shape index (κ3) is 4.12. The van der Waals surface area contributed by atoms with E-state index in [2.05, 4.69) is 15.3 Å². The monoisotopic (exact) mass is 331 g/mol. The maximum absolute atomic E-state index is 12.5. The molecule has 0 aromatic carbocycles. The number of aromatic nitrogens is 2. The Kier molecular flexibility index (Phi) is 5.82. The van der Waals surface area contributed by atoms with Gasteiger partial charge in [-0.2, -0.15) is 0 Å². The Bertz CT molecular complexity index is 544. The van der Waals surface area contributed by atoms with Gasteiger partial charge in [0.25, 0.3) is 5.91 Å². The zero-order valence-corrected chi connectivity index (χ0v) is 14.5.